The fourth-order valence-electron chi connectivity index (χ4n) is 2.31. The molecular weight excluding hydrogens is 309 g/mol. The molecule has 1 atom stereocenters. The minimum atomic E-state index is -0.266. The molecular formula is C15H13BrFNO. The van der Waals surface area contributed by atoms with Crippen LogP contribution in [-0.2, 0) is 11.3 Å². The van der Waals surface area contributed by atoms with E-state index < -0.39 is 0 Å². The lowest BCUT2D eigenvalue weighted by atomic mass is 9.99. The molecule has 1 aliphatic heterocycles. The predicted molar refractivity (Wildman–Crippen MR) is 76.6 cm³/mol. The Morgan fingerprint density at radius 3 is 2.84 bits per heavy atom. The number of benzene rings is 2. The van der Waals surface area contributed by atoms with Crippen molar-refractivity contribution in [1.29, 1.82) is 0 Å². The molecule has 3 rings (SSSR count). The summed E-state index contributed by atoms with van der Waals surface area (Å²) in [5.74, 6) is -0.266. The van der Waals surface area contributed by atoms with Crippen LogP contribution in [-0.4, -0.2) is 6.61 Å². The highest BCUT2D eigenvalue weighted by atomic mass is 79.9. The van der Waals surface area contributed by atoms with Crippen molar-refractivity contribution in [2.24, 2.45) is 0 Å². The summed E-state index contributed by atoms with van der Waals surface area (Å²) in [5.41, 5.74) is 2.80. The zero-order valence-corrected chi connectivity index (χ0v) is 11.8. The number of nitrogens with one attached hydrogen (secondary N) is 1. The zero-order valence-electron chi connectivity index (χ0n) is 10.2. The van der Waals surface area contributed by atoms with Gasteiger partial charge in [0, 0.05) is 4.47 Å². The third kappa shape index (κ3) is 2.51. The van der Waals surface area contributed by atoms with E-state index in [0.717, 1.165) is 10.0 Å². The smallest absolute Gasteiger partial charge is 0.147 e. The van der Waals surface area contributed by atoms with E-state index >= 15 is 0 Å². The zero-order chi connectivity index (χ0) is 13.2. The molecule has 0 aromatic heterocycles. The highest BCUT2D eigenvalue weighted by molar-refractivity contribution is 9.10. The quantitative estimate of drug-likeness (QED) is 0.891. The first-order chi connectivity index (χ1) is 9.25. The van der Waals surface area contributed by atoms with Crippen LogP contribution < -0.4 is 5.32 Å². The van der Waals surface area contributed by atoms with Crippen molar-refractivity contribution in [2.75, 3.05) is 11.9 Å². The summed E-state index contributed by atoms with van der Waals surface area (Å²) < 4.78 is 20.1. The molecule has 2 aromatic carbocycles. The molecule has 0 saturated heterocycles. The summed E-state index contributed by atoms with van der Waals surface area (Å²) in [6.07, 6.45) is 0. The molecule has 0 saturated carbocycles. The topological polar surface area (TPSA) is 21.3 Å². The summed E-state index contributed by atoms with van der Waals surface area (Å²) in [6.45, 7) is 1.16. The van der Waals surface area contributed by atoms with Gasteiger partial charge >= 0.3 is 0 Å². The van der Waals surface area contributed by atoms with Crippen molar-refractivity contribution < 1.29 is 9.13 Å². The third-order valence-corrected chi connectivity index (χ3v) is 3.91. The molecule has 0 bridgehead atoms. The average molecular weight is 322 g/mol. The molecule has 1 aliphatic rings. The molecule has 98 valence electrons. The van der Waals surface area contributed by atoms with Crippen molar-refractivity contribution in [3.8, 4) is 0 Å². The first-order valence-electron chi connectivity index (χ1n) is 6.12. The van der Waals surface area contributed by atoms with E-state index in [1.54, 1.807) is 6.07 Å². The maximum absolute atomic E-state index is 13.8. The number of hydrogen-bond acceptors (Lipinski definition) is 2. The van der Waals surface area contributed by atoms with Crippen molar-refractivity contribution in [2.45, 2.75) is 12.6 Å². The van der Waals surface area contributed by atoms with Crippen LogP contribution in [0.25, 0.3) is 0 Å². The van der Waals surface area contributed by atoms with Gasteiger partial charge in [-0.05, 0) is 39.2 Å². The summed E-state index contributed by atoms with van der Waals surface area (Å²) in [7, 11) is 0. The Hall–Kier alpha value is -1.39. The van der Waals surface area contributed by atoms with Crippen LogP contribution in [0.2, 0.25) is 0 Å². The Morgan fingerprint density at radius 1 is 1.16 bits per heavy atom. The van der Waals surface area contributed by atoms with E-state index in [4.69, 9.17) is 4.74 Å². The lowest BCUT2D eigenvalue weighted by Gasteiger charge is -2.27. The summed E-state index contributed by atoms with van der Waals surface area (Å²) in [6, 6.07) is 13.0. The van der Waals surface area contributed by atoms with E-state index in [-0.39, 0.29) is 11.9 Å². The molecule has 2 nitrogen and oxygen atoms in total. The molecule has 1 N–H and O–H groups in total. The van der Waals surface area contributed by atoms with Gasteiger partial charge in [0.1, 0.15) is 5.82 Å². The van der Waals surface area contributed by atoms with Gasteiger partial charge in [-0.1, -0.05) is 30.3 Å². The summed E-state index contributed by atoms with van der Waals surface area (Å²) in [4.78, 5) is 0. The molecule has 0 amide bonds. The monoisotopic (exact) mass is 321 g/mol. The first kappa shape index (κ1) is 12.6. The van der Waals surface area contributed by atoms with Gasteiger partial charge in [0.25, 0.3) is 0 Å². The number of hydrogen-bond donors (Lipinski definition) is 1. The fourth-order valence-corrected chi connectivity index (χ4v) is 2.77. The van der Waals surface area contributed by atoms with E-state index in [0.29, 0.717) is 18.9 Å². The summed E-state index contributed by atoms with van der Waals surface area (Å²) in [5, 5.41) is 3.23. The molecule has 0 aliphatic carbocycles. The Morgan fingerprint density at radius 2 is 2.00 bits per heavy atom. The SMILES string of the molecule is Fc1cccc(Br)c1NC1COCc2ccccc21. The van der Waals surface area contributed by atoms with Gasteiger partial charge in [0.05, 0.1) is 24.9 Å². The van der Waals surface area contributed by atoms with Crippen LogP contribution in [0, 0.1) is 5.82 Å². The molecule has 19 heavy (non-hydrogen) atoms. The number of ether oxygens (including phenoxy) is 1. The van der Waals surface area contributed by atoms with Crippen molar-refractivity contribution in [3.63, 3.8) is 0 Å². The molecule has 0 spiro atoms. The number of fused-ring (bicyclic) bond motifs is 1. The lowest BCUT2D eigenvalue weighted by molar-refractivity contribution is 0.0969. The van der Waals surface area contributed by atoms with Crippen LogP contribution in [0.4, 0.5) is 10.1 Å². The molecule has 1 heterocycles. The largest absolute Gasteiger partial charge is 0.374 e. The summed E-state index contributed by atoms with van der Waals surface area (Å²) >= 11 is 3.37. The van der Waals surface area contributed by atoms with Crippen LogP contribution in [0.3, 0.4) is 0 Å². The van der Waals surface area contributed by atoms with Crippen LogP contribution in [0.15, 0.2) is 46.9 Å². The van der Waals surface area contributed by atoms with Gasteiger partial charge in [-0.15, -0.1) is 0 Å². The maximum Gasteiger partial charge on any atom is 0.147 e. The van der Waals surface area contributed by atoms with E-state index in [1.165, 1.54) is 11.6 Å². The lowest BCUT2D eigenvalue weighted by Crippen LogP contribution is -2.23. The third-order valence-electron chi connectivity index (χ3n) is 3.25. The van der Waals surface area contributed by atoms with E-state index in [9.17, 15) is 4.39 Å². The number of anilines is 1. The normalized spacial score (nSPS) is 17.9. The highest BCUT2D eigenvalue weighted by Gasteiger charge is 2.21. The molecule has 2 aromatic rings. The van der Waals surface area contributed by atoms with Crippen LogP contribution in [0.5, 0.6) is 0 Å². The van der Waals surface area contributed by atoms with Crippen molar-refractivity contribution in [1.82, 2.24) is 0 Å². The second kappa shape index (κ2) is 5.31. The van der Waals surface area contributed by atoms with Gasteiger partial charge < -0.3 is 10.1 Å². The standard InChI is InChI=1S/C15H13BrFNO/c16-12-6-3-7-13(17)15(12)18-14-9-19-8-10-4-1-2-5-11(10)14/h1-7,14,18H,8-9H2. The first-order valence-corrected chi connectivity index (χ1v) is 6.91. The van der Waals surface area contributed by atoms with Crippen molar-refractivity contribution in [3.05, 3.63) is 63.9 Å². The Bertz CT molecular complexity index is 582. The van der Waals surface area contributed by atoms with E-state index in [1.807, 2.05) is 24.3 Å². The maximum atomic E-state index is 13.8. The highest BCUT2D eigenvalue weighted by Crippen LogP contribution is 2.32. The second-order valence-electron chi connectivity index (χ2n) is 4.51. The number of rotatable bonds is 2. The Balaban J connectivity index is 1.93. The minimum Gasteiger partial charge on any atom is -0.374 e. The predicted octanol–water partition coefficient (Wildman–Crippen LogP) is 4.27. The molecule has 0 fully saturated rings. The fraction of sp³-hybridized carbons (Fsp3) is 0.200. The van der Waals surface area contributed by atoms with Gasteiger partial charge in [-0.3, -0.25) is 0 Å². The number of halogens is 2. The van der Waals surface area contributed by atoms with Crippen molar-refractivity contribution >= 4 is 21.6 Å². The molecule has 4 heteroatoms. The van der Waals surface area contributed by atoms with Crippen LogP contribution in [0.1, 0.15) is 17.2 Å². The van der Waals surface area contributed by atoms with Gasteiger partial charge in [0.2, 0.25) is 0 Å². The molecule has 1 unspecified atom stereocenters. The Labute approximate surface area is 119 Å². The average Bonchev–Trinajstić information content (AvgIpc) is 2.43. The molecule has 0 radical (unpaired) electrons. The second-order valence-corrected chi connectivity index (χ2v) is 5.36. The van der Waals surface area contributed by atoms with Gasteiger partial charge in [0.15, 0.2) is 0 Å². The Kier molecular flexibility index (Phi) is 3.53. The van der Waals surface area contributed by atoms with E-state index in [2.05, 4.69) is 27.3 Å². The van der Waals surface area contributed by atoms with Gasteiger partial charge in [-0.2, -0.15) is 0 Å². The number of para-hydroxylation sites is 1. The van der Waals surface area contributed by atoms with Gasteiger partial charge in [-0.25, -0.2) is 4.39 Å². The minimum absolute atomic E-state index is 0.0295. The van der Waals surface area contributed by atoms with Crippen LogP contribution >= 0.6 is 15.9 Å².